The van der Waals surface area contributed by atoms with E-state index in [1.165, 1.54) is 0 Å². The maximum Gasteiger partial charge on any atom is 0.187 e. The van der Waals surface area contributed by atoms with E-state index in [2.05, 4.69) is 9.97 Å². The highest BCUT2D eigenvalue weighted by Gasteiger charge is 1.99. The highest BCUT2D eigenvalue weighted by atomic mass is 32.2. The van der Waals surface area contributed by atoms with Crippen LogP contribution in [0.25, 0.3) is 0 Å². The molecule has 0 aliphatic carbocycles. The van der Waals surface area contributed by atoms with Crippen molar-refractivity contribution in [2.45, 2.75) is 18.6 Å². The van der Waals surface area contributed by atoms with Crippen LogP contribution < -0.4 is 10.5 Å². The molecule has 0 unspecified atom stereocenters. The van der Waals surface area contributed by atoms with Gasteiger partial charge in [0.05, 0.1) is 6.61 Å². The first-order valence-electron chi connectivity index (χ1n) is 6.12. The average molecular weight is 275 g/mol. The molecule has 1 aromatic carbocycles. The van der Waals surface area contributed by atoms with Crippen LogP contribution >= 0.6 is 11.8 Å². The minimum absolute atomic E-state index is 0.556. The Morgan fingerprint density at radius 3 is 2.68 bits per heavy atom. The van der Waals surface area contributed by atoms with Crippen molar-refractivity contribution in [2.75, 3.05) is 12.4 Å². The SMILES string of the molecule is Cc1ccnc(SCCOc2ccc(CN)cc2)n1. The van der Waals surface area contributed by atoms with E-state index in [0.717, 1.165) is 27.9 Å². The number of thioether (sulfide) groups is 1. The molecular formula is C14H17N3OS. The maximum absolute atomic E-state index is 5.64. The lowest BCUT2D eigenvalue weighted by molar-refractivity contribution is 0.344. The minimum atomic E-state index is 0.556. The van der Waals surface area contributed by atoms with E-state index in [0.29, 0.717) is 13.2 Å². The number of rotatable bonds is 6. The fourth-order valence-electron chi connectivity index (χ4n) is 1.51. The first-order chi connectivity index (χ1) is 9.28. The highest BCUT2D eigenvalue weighted by molar-refractivity contribution is 7.99. The molecule has 2 aromatic rings. The van der Waals surface area contributed by atoms with Gasteiger partial charge in [0.25, 0.3) is 0 Å². The third-order valence-corrected chi connectivity index (χ3v) is 3.34. The van der Waals surface area contributed by atoms with Gasteiger partial charge < -0.3 is 10.5 Å². The molecule has 0 amide bonds. The number of aromatic nitrogens is 2. The molecule has 5 heteroatoms. The van der Waals surface area contributed by atoms with Crippen LogP contribution in [-0.2, 0) is 6.54 Å². The van der Waals surface area contributed by atoms with Crippen LogP contribution in [0.5, 0.6) is 5.75 Å². The van der Waals surface area contributed by atoms with Gasteiger partial charge in [-0.25, -0.2) is 9.97 Å². The molecule has 2 N–H and O–H groups in total. The molecule has 19 heavy (non-hydrogen) atoms. The van der Waals surface area contributed by atoms with Gasteiger partial charge in [0, 0.05) is 24.2 Å². The average Bonchev–Trinajstić information content (AvgIpc) is 2.44. The number of hydrogen-bond acceptors (Lipinski definition) is 5. The molecule has 0 radical (unpaired) electrons. The molecule has 0 atom stereocenters. The van der Waals surface area contributed by atoms with Gasteiger partial charge in [-0.05, 0) is 30.7 Å². The van der Waals surface area contributed by atoms with Gasteiger partial charge in [-0.1, -0.05) is 23.9 Å². The standard InChI is InChI=1S/C14H17N3OS/c1-11-6-7-16-14(17-11)19-9-8-18-13-4-2-12(10-15)3-5-13/h2-7H,8-10,15H2,1H3. The normalized spacial score (nSPS) is 10.4. The summed E-state index contributed by atoms with van der Waals surface area (Å²) < 4.78 is 5.64. The lowest BCUT2D eigenvalue weighted by Gasteiger charge is -2.06. The van der Waals surface area contributed by atoms with Crippen LogP contribution in [0.3, 0.4) is 0 Å². The van der Waals surface area contributed by atoms with Crippen LogP contribution in [0.4, 0.5) is 0 Å². The second-order valence-electron chi connectivity index (χ2n) is 4.03. The molecule has 0 bridgehead atoms. The van der Waals surface area contributed by atoms with E-state index < -0.39 is 0 Å². The summed E-state index contributed by atoms with van der Waals surface area (Å²) in [5.41, 5.74) is 7.63. The first kappa shape index (κ1) is 13.8. The maximum atomic E-state index is 5.64. The van der Waals surface area contributed by atoms with Crippen molar-refractivity contribution < 1.29 is 4.74 Å². The Bertz CT molecular complexity index is 516. The van der Waals surface area contributed by atoms with Gasteiger partial charge >= 0.3 is 0 Å². The third-order valence-electron chi connectivity index (χ3n) is 2.51. The summed E-state index contributed by atoms with van der Waals surface area (Å²) in [5.74, 6) is 1.69. The van der Waals surface area contributed by atoms with Crippen LogP contribution in [0.1, 0.15) is 11.3 Å². The number of nitrogens with two attached hydrogens (primary N) is 1. The van der Waals surface area contributed by atoms with E-state index in [-0.39, 0.29) is 0 Å². The Labute approximate surface area is 117 Å². The molecule has 0 aliphatic heterocycles. The van der Waals surface area contributed by atoms with Crippen molar-refractivity contribution in [3.8, 4) is 5.75 Å². The predicted molar refractivity (Wildman–Crippen MR) is 77.3 cm³/mol. The Hall–Kier alpha value is -1.59. The van der Waals surface area contributed by atoms with Crippen molar-refractivity contribution in [3.05, 3.63) is 47.8 Å². The van der Waals surface area contributed by atoms with Crippen molar-refractivity contribution >= 4 is 11.8 Å². The number of hydrogen-bond donors (Lipinski definition) is 1. The monoisotopic (exact) mass is 275 g/mol. The lowest BCUT2D eigenvalue weighted by atomic mass is 10.2. The van der Waals surface area contributed by atoms with Crippen molar-refractivity contribution in [3.63, 3.8) is 0 Å². The fraction of sp³-hybridized carbons (Fsp3) is 0.286. The summed E-state index contributed by atoms with van der Waals surface area (Å²) >= 11 is 1.59. The molecule has 0 fully saturated rings. The number of benzene rings is 1. The predicted octanol–water partition coefficient (Wildman–Crippen LogP) is 2.41. The second-order valence-corrected chi connectivity index (χ2v) is 5.09. The summed E-state index contributed by atoms with van der Waals surface area (Å²) in [5, 5.41) is 0.794. The molecule has 0 saturated carbocycles. The molecule has 4 nitrogen and oxygen atoms in total. The Morgan fingerprint density at radius 2 is 2.00 bits per heavy atom. The summed E-state index contributed by atoms with van der Waals surface area (Å²) in [7, 11) is 0. The van der Waals surface area contributed by atoms with Crippen LogP contribution in [-0.4, -0.2) is 22.3 Å². The quantitative estimate of drug-likeness (QED) is 0.498. The Balaban J connectivity index is 1.74. The van der Waals surface area contributed by atoms with E-state index in [1.54, 1.807) is 18.0 Å². The van der Waals surface area contributed by atoms with Gasteiger partial charge in [-0.15, -0.1) is 0 Å². The van der Waals surface area contributed by atoms with Gasteiger partial charge in [0.15, 0.2) is 5.16 Å². The molecular weight excluding hydrogens is 258 g/mol. The van der Waals surface area contributed by atoms with Gasteiger partial charge in [0.1, 0.15) is 5.75 Å². The Kier molecular flexibility index (Phi) is 5.18. The van der Waals surface area contributed by atoms with Gasteiger partial charge in [0.2, 0.25) is 0 Å². The summed E-state index contributed by atoms with van der Waals surface area (Å²) in [4.78, 5) is 8.51. The van der Waals surface area contributed by atoms with Crippen LogP contribution in [0.15, 0.2) is 41.7 Å². The lowest BCUT2D eigenvalue weighted by Crippen LogP contribution is -2.02. The largest absolute Gasteiger partial charge is 0.493 e. The van der Waals surface area contributed by atoms with E-state index >= 15 is 0 Å². The fourth-order valence-corrected chi connectivity index (χ4v) is 2.20. The molecule has 100 valence electrons. The van der Waals surface area contributed by atoms with Gasteiger partial charge in [-0.3, -0.25) is 0 Å². The number of nitrogens with zero attached hydrogens (tertiary/aromatic N) is 2. The van der Waals surface area contributed by atoms with Crippen LogP contribution in [0, 0.1) is 6.92 Å². The van der Waals surface area contributed by atoms with E-state index in [4.69, 9.17) is 10.5 Å². The zero-order valence-electron chi connectivity index (χ0n) is 10.9. The van der Waals surface area contributed by atoms with Crippen LogP contribution in [0.2, 0.25) is 0 Å². The first-order valence-corrected chi connectivity index (χ1v) is 7.11. The van der Waals surface area contributed by atoms with Crippen molar-refractivity contribution in [1.82, 2.24) is 9.97 Å². The smallest absolute Gasteiger partial charge is 0.187 e. The third kappa shape index (κ3) is 4.54. The summed E-state index contributed by atoms with van der Waals surface area (Å²) in [6.45, 7) is 3.14. The zero-order valence-corrected chi connectivity index (χ0v) is 11.7. The molecule has 0 saturated heterocycles. The zero-order chi connectivity index (χ0) is 13.5. The topological polar surface area (TPSA) is 61.0 Å². The molecule has 1 heterocycles. The number of ether oxygens (including phenoxy) is 1. The number of aryl methyl sites for hydroxylation is 1. The Morgan fingerprint density at radius 1 is 1.21 bits per heavy atom. The van der Waals surface area contributed by atoms with Crippen molar-refractivity contribution in [1.29, 1.82) is 0 Å². The molecule has 0 spiro atoms. The van der Waals surface area contributed by atoms with Crippen molar-refractivity contribution in [2.24, 2.45) is 5.73 Å². The minimum Gasteiger partial charge on any atom is -0.493 e. The van der Waals surface area contributed by atoms with Gasteiger partial charge in [-0.2, -0.15) is 0 Å². The summed E-state index contributed by atoms with van der Waals surface area (Å²) in [6.07, 6.45) is 1.77. The molecule has 2 rings (SSSR count). The summed E-state index contributed by atoms with van der Waals surface area (Å²) in [6, 6.07) is 9.73. The molecule has 0 aliphatic rings. The second kappa shape index (κ2) is 7.11. The highest BCUT2D eigenvalue weighted by Crippen LogP contribution is 2.15. The molecule has 1 aromatic heterocycles. The van der Waals surface area contributed by atoms with E-state index in [1.807, 2.05) is 37.3 Å². The van der Waals surface area contributed by atoms with E-state index in [9.17, 15) is 0 Å².